The number of hydrogen-bond acceptors (Lipinski definition) is 5. The van der Waals surface area contributed by atoms with Gasteiger partial charge in [0.15, 0.2) is 0 Å². The average Bonchev–Trinajstić information content (AvgIpc) is 2.31. The Labute approximate surface area is 115 Å². The second-order valence-electron chi connectivity index (χ2n) is 4.92. The smallest absolute Gasteiger partial charge is 0.325 e. The number of esters is 1. The summed E-state index contributed by atoms with van der Waals surface area (Å²) in [5, 5.41) is 12.0. The van der Waals surface area contributed by atoms with Crippen LogP contribution in [-0.4, -0.2) is 47.9 Å². The van der Waals surface area contributed by atoms with Crippen LogP contribution in [0.15, 0.2) is 0 Å². The molecule has 2 N–H and O–H groups in total. The largest absolute Gasteiger partial charge is 0.468 e. The van der Waals surface area contributed by atoms with E-state index in [1.54, 1.807) is 11.8 Å². The maximum atomic E-state index is 11.8. The van der Waals surface area contributed by atoms with Gasteiger partial charge in [0.1, 0.15) is 5.54 Å². The zero-order valence-electron chi connectivity index (χ0n) is 12.0. The maximum absolute atomic E-state index is 11.8. The fourth-order valence-electron chi connectivity index (χ4n) is 1.94. The standard InChI is InChI=1S/C13H27NO3S/c1-11(2)14-13(3,12(16)17-4)7-5-6-9-18-10-8-15/h11,14-15H,5-10H2,1-4H3. The molecule has 0 saturated carbocycles. The molecule has 0 saturated heterocycles. The summed E-state index contributed by atoms with van der Waals surface area (Å²) in [6, 6.07) is 0.248. The Hall–Kier alpha value is -0.260. The molecule has 0 aromatic rings. The highest BCUT2D eigenvalue weighted by molar-refractivity contribution is 7.99. The van der Waals surface area contributed by atoms with E-state index in [4.69, 9.17) is 9.84 Å². The average molecular weight is 277 g/mol. The van der Waals surface area contributed by atoms with Gasteiger partial charge in [-0.25, -0.2) is 0 Å². The van der Waals surface area contributed by atoms with Gasteiger partial charge in [0.2, 0.25) is 0 Å². The monoisotopic (exact) mass is 277 g/mol. The van der Waals surface area contributed by atoms with E-state index < -0.39 is 5.54 Å². The van der Waals surface area contributed by atoms with Crippen LogP contribution in [0.2, 0.25) is 0 Å². The van der Waals surface area contributed by atoms with Crippen molar-refractivity contribution in [3.63, 3.8) is 0 Å². The highest BCUT2D eigenvalue weighted by atomic mass is 32.2. The molecule has 1 atom stereocenters. The minimum atomic E-state index is -0.593. The van der Waals surface area contributed by atoms with E-state index in [1.807, 2.05) is 20.8 Å². The summed E-state index contributed by atoms with van der Waals surface area (Å²) < 4.78 is 4.87. The molecule has 0 spiro atoms. The first-order valence-electron chi connectivity index (χ1n) is 6.51. The maximum Gasteiger partial charge on any atom is 0.325 e. The minimum Gasteiger partial charge on any atom is -0.468 e. The Bertz CT molecular complexity index is 236. The zero-order valence-corrected chi connectivity index (χ0v) is 12.8. The third kappa shape index (κ3) is 7.24. The van der Waals surface area contributed by atoms with E-state index >= 15 is 0 Å². The Morgan fingerprint density at radius 1 is 1.39 bits per heavy atom. The van der Waals surface area contributed by atoms with E-state index in [9.17, 15) is 4.79 Å². The summed E-state index contributed by atoms with van der Waals surface area (Å²) in [7, 11) is 1.43. The number of hydrogen-bond donors (Lipinski definition) is 2. The van der Waals surface area contributed by atoms with E-state index in [0.29, 0.717) is 0 Å². The number of carbonyl (C=O) groups excluding carboxylic acids is 1. The van der Waals surface area contributed by atoms with Crippen LogP contribution in [0.3, 0.4) is 0 Å². The van der Waals surface area contributed by atoms with Gasteiger partial charge in [-0.15, -0.1) is 0 Å². The van der Waals surface area contributed by atoms with Crippen molar-refractivity contribution in [1.82, 2.24) is 5.32 Å². The van der Waals surface area contributed by atoms with Gasteiger partial charge >= 0.3 is 5.97 Å². The van der Waals surface area contributed by atoms with Gasteiger partial charge in [-0.2, -0.15) is 11.8 Å². The topological polar surface area (TPSA) is 58.6 Å². The molecular weight excluding hydrogens is 250 g/mol. The van der Waals surface area contributed by atoms with Gasteiger partial charge in [0.25, 0.3) is 0 Å². The fourth-order valence-corrected chi connectivity index (χ4v) is 2.69. The number of thioether (sulfide) groups is 1. The fraction of sp³-hybridized carbons (Fsp3) is 0.923. The molecule has 0 aromatic carbocycles. The number of methoxy groups -OCH3 is 1. The van der Waals surface area contributed by atoms with E-state index in [-0.39, 0.29) is 18.6 Å². The Morgan fingerprint density at radius 2 is 2.06 bits per heavy atom. The van der Waals surface area contributed by atoms with Gasteiger partial charge in [0, 0.05) is 11.8 Å². The molecule has 0 aliphatic carbocycles. The highest BCUT2D eigenvalue weighted by Crippen LogP contribution is 2.18. The number of ether oxygens (including phenoxy) is 1. The lowest BCUT2D eigenvalue weighted by molar-refractivity contribution is -0.148. The van der Waals surface area contributed by atoms with Gasteiger partial charge in [-0.3, -0.25) is 10.1 Å². The first-order chi connectivity index (χ1) is 8.46. The van der Waals surface area contributed by atoms with Crippen LogP contribution >= 0.6 is 11.8 Å². The highest BCUT2D eigenvalue weighted by Gasteiger charge is 2.33. The third-order valence-electron chi connectivity index (χ3n) is 2.69. The molecule has 0 radical (unpaired) electrons. The summed E-state index contributed by atoms with van der Waals surface area (Å²) >= 11 is 1.75. The number of nitrogens with one attached hydrogen (secondary N) is 1. The van der Waals surface area contributed by atoms with E-state index in [1.165, 1.54) is 7.11 Å². The van der Waals surface area contributed by atoms with Crippen molar-refractivity contribution in [3.05, 3.63) is 0 Å². The van der Waals surface area contributed by atoms with Crippen molar-refractivity contribution in [1.29, 1.82) is 0 Å². The second-order valence-corrected chi connectivity index (χ2v) is 6.14. The normalized spacial score (nSPS) is 14.6. The zero-order chi connectivity index (χ0) is 14.0. The third-order valence-corrected chi connectivity index (χ3v) is 3.74. The van der Waals surface area contributed by atoms with Gasteiger partial charge in [-0.1, -0.05) is 6.42 Å². The number of carbonyl (C=O) groups is 1. The minimum absolute atomic E-state index is 0.195. The SMILES string of the molecule is COC(=O)C(C)(CCCCSCCO)NC(C)C. The quantitative estimate of drug-likeness (QED) is 0.471. The molecule has 1 unspecified atom stereocenters. The van der Waals surface area contributed by atoms with Crippen molar-refractivity contribution in [2.75, 3.05) is 25.2 Å². The van der Waals surface area contributed by atoms with Crippen LogP contribution in [0.1, 0.15) is 40.0 Å². The van der Waals surface area contributed by atoms with Crippen molar-refractivity contribution in [2.24, 2.45) is 0 Å². The van der Waals surface area contributed by atoms with E-state index in [2.05, 4.69) is 5.32 Å². The molecule has 0 heterocycles. The first kappa shape index (κ1) is 17.7. The first-order valence-corrected chi connectivity index (χ1v) is 7.66. The molecule has 18 heavy (non-hydrogen) atoms. The van der Waals surface area contributed by atoms with Crippen LogP contribution in [0.5, 0.6) is 0 Å². The molecule has 108 valence electrons. The van der Waals surface area contributed by atoms with E-state index in [0.717, 1.165) is 30.8 Å². The van der Waals surface area contributed by atoms with Crippen LogP contribution in [0, 0.1) is 0 Å². The van der Waals surface area contributed by atoms with Crippen LogP contribution in [-0.2, 0) is 9.53 Å². The number of aliphatic hydroxyl groups is 1. The lowest BCUT2D eigenvalue weighted by Crippen LogP contribution is -2.52. The van der Waals surface area contributed by atoms with Crippen LogP contribution < -0.4 is 5.32 Å². The summed E-state index contributed by atoms with van der Waals surface area (Å²) in [5.74, 6) is 1.62. The molecule has 0 amide bonds. The molecule has 4 nitrogen and oxygen atoms in total. The van der Waals surface area contributed by atoms with Crippen LogP contribution in [0.4, 0.5) is 0 Å². The molecule has 0 fully saturated rings. The second kappa shape index (κ2) is 9.64. The Kier molecular flexibility index (Phi) is 9.50. The molecule has 0 aromatic heterocycles. The van der Waals surface area contributed by atoms with Crippen molar-refractivity contribution >= 4 is 17.7 Å². The van der Waals surface area contributed by atoms with Crippen LogP contribution in [0.25, 0.3) is 0 Å². The van der Waals surface area contributed by atoms with Gasteiger partial charge < -0.3 is 9.84 Å². The summed E-state index contributed by atoms with van der Waals surface area (Å²) in [4.78, 5) is 11.8. The molecular formula is C13H27NO3S. The number of aliphatic hydroxyl groups excluding tert-OH is 1. The number of unbranched alkanes of at least 4 members (excludes halogenated alkanes) is 1. The molecule has 0 aliphatic rings. The van der Waals surface area contributed by atoms with Crippen molar-refractivity contribution in [2.45, 2.75) is 51.6 Å². The Balaban J connectivity index is 4.05. The molecule has 5 heteroatoms. The molecule has 0 rings (SSSR count). The van der Waals surface area contributed by atoms with Crippen molar-refractivity contribution in [3.8, 4) is 0 Å². The summed E-state index contributed by atoms with van der Waals surface area (Å²) in [6.07, 6.45) is 2.80. The van der Waals surface area contributed by atoms with Crippen molar-refractivity contribution < 1.29 is 14.6 Å². The lowest BCUT2D eigenvalue weighted by Gasteiger charge is -2.30. The summed E-state index contributed by atoms with van der Waals surface area (Å²) in [5.41, 5.74) is -0.593. The van der Waals surface area contributed by atoms with Gasteiger partial charge in [0.05, 0.1) is 13.7 Å². The van der Waals surface area contributed by atoms with Gasteiger partial charge in [-0.05, 0) is 39.4 Å². The predicted molar refractivity (Wildman–Crippen MR) is 77.0 cm³/mol. The molecule has 0 bridgehead atoms. The Morgan fingerprint density at radius 3 is 2.56 bits per heavy atom. The predicted octanol–water partition coefficient (Wildman–Crippen LogP) is 1.81. The number of rotatable bonds is 10. The summed E-state index contributed by atoms with van der Waals surface area (Å²) in [6.45, 7) is 6.19. The molecule has 0 aliphatic heterocycles. The lowest BCUT2D eigenvalue weighted by atomic mass is 9.94.